The molecule has 1 aromatic carbocycles. The molecular weight excluding hydrogens is 232 g/mol. The number of rotatable bonds is 5. The van der Waals surface area contributed by atoms with E-state index >= 15 is 0 Å². The Kier molecular flexibility index (Phi) is 2.89. The molecule has 0 heterocycles. The Morgan fingerprint density at radius 3 is 2.42 bits per heavy atom. The van der Waals surface area contributed by atoms with Crippen LogP contribution >= 0.6 is 0 Å². The van der Waals surface area contributed by atoms with Gasteiger partial charge >= 0.3 is 0 Å². The van der Waals surface area contributed by atoms with Gasteiger partial charge in [-0.25, -0.2) is 0 Å². The van der Waals surface area contributed by atoms with Crippen LogP contribution in [-0.4, -0.2) is 12.6 Å². The van der Waals surface area contributed by atoms with Gasteiger partial charge in [-0.1, -0.05) is 24.3 Å². The molecule has 2 heteroatoms. The van der Waals surface area contributed by atoms with Crippen LogP contribution in [-0.2, 0) is 13.0 Å². The molecule has 0 aliphatic heterocycles. The standard InChI is InChI=1S/C17H24N2/c18-8-7-11-3-1-2-4-14(11)10-19-17-15-12-5-6-13(9-12)16(15)17/h1-4,12-13,15-17,19H,5-10,18H2. The van der Waals surface area contributed by atoms with Crippen molar-refractivity contribution in [3.8, 4) is 0 Å². The molecule has 2 bridgehead atoms. The molecule has 3 saturated carbocycles. The largest absolute Gasteiger partial charge is 0.330 e. The van der Waals surface area contributed by atoms with Crippen molar-refractivity contribution in [2.24, 2.45) is 29.4 Å². The van der Waals surface area contributed by atoms with E-state index in [0.717, 1.165) is 49.2 Å². The average Bonchev–Trinajstić information content (AvgIpc) is 2.81. The lowest BCUT2D eigenvalue weighted by Gasteiger charge is -2.13. The highest BCUT2D eigenvalue weighted by Gasteiger charge is 2.64. The first-order valence-electron chi connectivity index (χ1n) is 7.88. The smallest absolute Gasteiger partial charge is 0.0211 e. The third-order valence-electron chi connectivity index (χ3n) is 5.80. The van der Waals surface area contributed by atoms with E-state index in [4.69, 9.17) is 5.73 Å². The fourth-order valence-corrected chi connectivity index (χ4v) is 4.96. The molecule has 4 rings (SSSR count). The Morgan fingerprint density at radius 2 is 1.74 bits per heavy atom. The quantitative estimate of drug-likeness (QED) is 0.848. The summed E-state index contributed by atoms with van der Waals surface area (Å²) in [4.78, 5) is 0. The van der Waals surface area contributed by atoms with Gasteiger partial charge in [0, 0.05) is 12.6 Å². The topological polar surface area (TPSA) is 38.0 Å². The minimum Gasteiger partial charge on any atom is -0.330 e. The van der Waals surface area contributed by atoms with E-state index in [2.05, 4.69) is 29.6 Å². The maximum Gasteiger partial charge on any atom is 0.0211 e. The predicted molar refractivity (Wildman–Crippen MR) is 77.6 cm³/mol. The summed E-state index contributed by atoms with van der Waals surface area (Å²) in [6.07, 6.45) is 5.56. The molecule has 3 N–H and O–H groups in total. The van der Waals surface area contributed by atoms with Crippen molar-refractivity contribution < 1.29 is 0 Å². The van der Waals surface area contributed by atoms with Crippen LogP contribution in [0.1, 0.15) is 30.4 Å². The van der Waals surface area contributed by atoms with E-state index in [0.29, 0.717) is 0 Å². The summed E-state index contributed by atoms with van der Waals surface area (Å²) in [5.41, 5.74) is 8.57. The molecule has 4 atom stereocenters. The highest BCUT2D eigenvalue weighted by atomic mass is 15.0. The van der Waals surface area contributed by atoms with Crippen molar-refractivity contribution in [1.82, 2.24) is 5.32 Å². The molecule has 1 aromatic rings. The lowest BCUT2D eigenvalue weighted by Crippen LogP contribution is -2.23. The van der Waals surface area contributed by atoms with Gasteiger partial charge in [-0.05, 0) is 67.0 Å². The second-order valence-corrected chi connectivity index (χ2v) is 6.70. The number of nitrogens with one attached hydrogen (secondary N) is 1. The second kappa shape index (κ2) is 4.60. The molecule has 3 fully saturated rings. The van der Waals surface area contributed by atoms with Crippen molar-refractivity contribution >= 4 is 0 Å². The molecule has 19 heavy (non-hydrogen) atoms. The summed E-state index contributed by atoms with van der Waals surface area (Å²) in [5.74, 6) is 4.18. The van der Waals surface area contributed by atoms with Gasteiger partial charge in [0.15, 0.2) is 0 Å². The van der Waals surface area contributed by atoms with E-state index in [1.807, 2.05) is 0 Å². The zero-order valence-corrected chi connectivity index (χ0v) is 11.5. The average molecular weight is 256 g/mol. The number of benzene rings is 1. The Hall–Kier alpha value is -0.860. The van der Waals surface area contributed by atoms with Gasteiger partial charge in [0.2, 0.25) is 0 Å². The van der Waals surface area contributed by atoms with Crippen LogP contribution < -0.4 is 11.1 Å². The summed E-state index contributed by atoms with van der Waals surface area (Å²) in [6.45, 7) is 1.78. The summed E-state index contributed by atoms with van der Waals surface area (Å²) in [5, 5.41) is 3.83. The molecule has 0 spiro atoms. The van der Waals surface area contributed by atoms with Gasteiger partial charge in [0.05, 0.1) is 0 Å². The fraction of sp³-hybridized carbons (Fsp3) is 0.647. The van der Waals surface area contributed by atoms with Crippen LogP contribution in [0.4, 0.5) is 0 Å². The van der Waals surface area contributed by atoms with E-state index in [1.165, 1.54) is 30.4 Å². The minimum atomic E-state index is 0.746. The van der Waals surface area contributed by atoms with Crippen LogP contribution in [0, 0.1) is 23.7 Å². The van der Waals surface area contributed by atoms with Gasteiger partial charge in [0.1, 0.15) is 0 Å². The lowest BCUT2D eigenvalue weighted by atomic mass is 10.0. The van der Waals surface area contributed by atoms with Crippen molar-refractivity contribution in [2.75, 3.05) is 6.54 Å². The third kappa shape index (κ3) is 1.93. The van der Waals surface area contributed by atoms with Crippen LogP contribution in [0.5, 0.6) is 0 Å². The van der Waals surface area contributed by atoms with Crippen LogP contribution in [0.25, 0.3) is 0 Å². The SMILES string of the molecule is NCCc1ccccc1CNC1C2C3CCC(C3)C12. The molecule has 102 valence electrons. The molecule has 2 nitrogen and oxygen atoms in total. The molecular formula is C17H24N2. The van der Waals surface area contributed by atoms with Gasteiger partial charge in [-0.2, -0.15) is 0 Å². The zero-order valence-electron chi connectivity index (χ0n) is 11.5. The molecule has 4 unspecified atom stereocenters. The number of hydrogen-bond donors (Lipinski definition) is 2. The first-order chi connectivity index (χ1) is 9.38. The highest BCUT2D eigenvalue weighted by molar-refractivity contribution is 5.28. The summed E-state index contributed by atoms with van der Waals surface area (Å²) in [7, 11) is 0. The van der Waals surface area contributed by atoms with Crippen LogP contribution in [0.2, 0.25) is 0 Å². The van der Waals surface area contributed by atoms with Gasteiger partial charge in [-0.3, -0.25) is 0 Å². The normalized spacial score (nSPS) is 38.5. The first kappa shape index (κ1) is 11.9. The number of fused-ring (bicyclic) bond motifs is 5. The molecule has 0 aromatic heterocycles. The van der Waals surface area contributed by atoms with Crippen molar-refractivity contribution in [1.29, 1.82) is 0 Å². The van der Waals surface area contributed by atoms with E-state index in [9.17, 15) is 0 Å². The predicted octanol–water partition coefficient (Wildman–Crippen LogP) is 2.32. The Balaban J connectivity index is 1.39. The molecule has 3 aliphatic carbocycles. The zero-order chi connectivity index (χ0) is 12.8. The van der Waals surface area contributed by atoms with Crippen LogP contribution in [0.3, 0.4) is 0 Å². The van der Waals surface area contributed by atoms with Gasteiger partial charge < -0.3 is 11.1 Å². The van der Waals surface area contributed by atoms with Gasteiger partial charge in [-0.15, -0.1) is 0 Å². The lowest BCUT2D eigenvalue weighted by molar-refractivity contribution is 0.456. The first-order valence-corrected chi connectivity index (χ1v) is 7.88. The number of hydrogen-bond acceptors (Lipinski definition) is 2. The van der Waals surface area contributed by atoms with Crippen LogP contribution in [0.15, 0.2) is 24.3 Å². The monoisotopic (exact) mass is 256 g/mol. The van der Waals surface area contributed by atoms with E-state index < -0.39 is 0 Å². The number of nitrogens with two attached hydrogens (primary N) is 1. The highest BCUT2D eigenvalue weighted by Crippen LogP contribution is 2.65. The Morgan fingerprint density at radius 1 is 1.05 bits per heavy atom. The molecule has 3 aliphatic rings. The second-order valence-electron chi connectivity index (χ2n) is 6.70. The van der Waals surface area contributed by atoms with Crippen molar-refractivity contribution in [3.05, 3.63) is 35.4 Å². The van der Waals surface area contributed by atoms with E-state index in [1.54, 1.807) is 0 Å². The minimum absolute atomic E-state index is 0.746. The Labute approximate surface area is 115 Å². The fourth-order valence-electron chi connectivity index (χ4n) is 4.96. The van der Waals surface area contributed by atoms with Crippen molar-refractivity contribution in [3.63, 3.8) is 0 Å². The van der Waals surface area contributed by atoms with Crippen molar-refractivity contribution in [2.45, 2.75) is 38.3 Å². The maximum absolute atomic E-state index is 5.70. The summed E-state index contributed by atoms with van der Waals surface area (Å²) in [6, 6.07) is 9.58. The summed E-state index contributed by atoms with van der Waals surface area (Å²) >= 11 is 0. The molecule has 0 amide bonds. The molecule has 0 saturated heterocycles. The molecule has 0 radical (unpaired) electrons. The van der Waals surface area contributed by atoms with E-state index in [-0.39, 0.29) is 0 Å². The maximum atomic E-state index is 5.70. The van der Waals surface area contributed by atoms with Gasteiger partial charge in [0.25, 0.3) is 0 Å². The third-order valence-corrected chi connectivity index (χ3v) is 5.80. The summed E-state index contributed by atoms with van der Waals surface area (Å²) < 4.78 is 0. The Bertz CT molecular complexity index is 454.